The van der Waals surface area contributed by atoms with Crippen molar-refractivity contribution in [3.05, 3.63) is 35.6 Å². The normalized spacial score (nSPS) is 23.8. The molecule has 6 heteroatoms. The van der Waals surface area contributed by atoms with Crippen molar-refractivity contribution in [2.45, 2.75) is 5.37 Å². The van der Waals surface area contributed by atoms with E-state index in [4.69, 9.17) is 0 Å². The van der Waals surface area contributed by atoms with Gasteiger partial charge in [0.15, 0.2) is 0 Å². The lowest BCUT2D eigenvalue weighted by atomic mass is 10.2. The molecule has 3 rings (SSSR count). The molecule has 21 heavy (non-hydrogen) atoms. The zero-order chi connectivity index (χ0) is 14.7. The summed E-state index contributed by atoms with van der Waals surface area (Å²) in [5.74, 6) is 0.450. The van der Waals surface area contributed by atoms with Gasteiger partial charge in [0.05, 0.1) is 18.8 Å². The maximum atomic E-state index is 13.4. The van der Waals surface area contributed by atoms with Crippen molar-refractivity contribution in [3.8, 4) is 0 Å². The number of hydrogen-bond donors (Lipinski definition) is 2. The Labute approximate surface area is 128 Å². The Bertz CT molecular complexity index is 507. The van der Waals surface area contributed by atoms with Crippen molar-refractivity contribution >= 4 is 17.7 Å². The average molecular weight is 311 g/mol. The first-order valence-electron chi connectivity index (χ1n) is 7.56. The van der Waals surface area contributed by atoms with Crippen molar-refractivity contribution in [2.24, 2.45) is 0 Å². The van der Waals surface area contributed by atoms with Crippen LogP contribution in [0.2, 0.25) is 0 Å². The third-order valence-electron chi connectivity index (χ3n) is 4.21. The highest BCUT2D eigenvalue weighted by Gasteiger charge is 2.33. The molecule has 1 atom stereocenters. The van der Waals surface area contributed by atoms with E-state index >= 15 is 0 Å². The number of piperazine rings is 1. The molecule has 0 bridgehead atoms. The number of hydrogen-bond acceptors (Lipinski definition) is 2. The lowest BCUT2D eigenvalue weighted by Gasteiger charge is -2.28. The SMILES string of the molecule is O=C1CS[C@@H](c2cccc(F)c2)N1CC[NH+]1CC[NH2+]CC1. The van der Waals surface area contributed by atoms with Crippen LogP contribution in [0.5, 0.6) is 0 Å². The second-order valence-corrected chi connectivity index (χ2v) is 6.74. The summed E-state index contributed by atoms with van der Waals surface area (Å²) in [6, 6.07) is 6.63. The van der Waals surface area contributed by atoms with Crippen LogP contribution in [-0.2, 0) is 4.79 Å². The maximum absolute atomic E-state index is 13.4. The van der Waals surface area contributed by atoms with Crippen molar-refractivity contribution in [1.29, 1.82) is 0 Å². The highest BCUT2D eigenvalue weighted by molar-refractivity contribution is 8.00. The van der Waals surface area contributed by atoms with E-state index < -0.39 is 0 Å². The van der Waals surface area contributed by atoms with Crippen LogP contribution in [0.15, 0.2) is 24.3 Å². The summed E-state index contributed by atoms with van der Waals surface area (Å²) >= 11 is 1.60. The van der Waals surface area contributed by atoms with Gasteiger partial charge in [0, 0.05) is 0 Å². The van der Waals surface area contributed by atoms with Crippen LogP contribution in [0.1, 0.15) is 10.9 Å². The number of benzene rings is 1. The van der Waals surface area contributed by atoms with Crippen molar-refractivity contribution in [1.82, 2.24) is 4.90 Å². The molecule has 2 saturated heterocycles. The first kappa shape index (κ1) is 14.8. The van der Waals surface area contributed by atoms with E-state index in [-0.39, 0.29) is 17.1 Å². The van der Waals surface area contributed by atoms with E-state index in [2.05, 4.69) is 5.32 Å². The van der Waals surface area contributed by atoms with E-state index in [1.807, 2.05) is 11.0 Å². The van der Waals surface area contributed by atoms with Gasteiger partial charge in [-0.05, 0) is 17.7 Å². The fraction of sp³-hybridized carbons (Fsp3) is 0.533. The molecule has 0 aliphatic carbocycles. The van der Waals surface area contributed by atoms with Gasteiger partial charge in [-0.15, -0.1) is 11.8 Å². The third-order valence-corrected chi connectivity index (χ3v) is 5.47. The molecule has 1 aromatic carbocycles. The molecule has 0 saturated carbocycles. The average Bonchev–Trinajstić information content (AvgIpc) is 2.87. The number of rotatable bonds is 4. The second-order valence-electron chi connectivity index (χ2n) is 5.67. The quantitative estimate of drug-likeness (QED) is 0.738. The van der Waals surface area contributed by atoms with Gasteiger partial charge >= 0.3 is 0 Å². The highest BCUT2D eigenvalue weighted by Crippen LogP contribution is 2.38. The van der Waals surface area contributed by atoms with Crippen molar-refractivity contribution < 1.29 is 19.4 Å². The van der Waals surface area contributed by atoms with E-state index in [0.29, 0.717) is 5.75 Å². The minimum atomic E-state index is -0.232. The van der Waals surface area contributed by atoms with Gasteiger partial charge in [-0.2, -0.15) is 0 Å². The van der Waals surface area contributed by atoms with Crippen LogP contribution in [0.25, 0.3) is 0 Å². The summed E-state index contributed by atoms with van der Waals surface area (Å²) < 4.78 is 13.4. The van der Waals surface area contributed by atoms with Gasteiger partial charge in [-0.1, -0.05) is 12.1 Å². The zero-order valence-electron chi connectivity index (χ0n) is 12.1. The summed E-state index contributed by atoms with van der Waals surface area (Å²) in [4.78, 5) is 15.6. The Balaban J connectivity index is 1.65. The molecular formula is C15H22FN3OS+2. The van der Waals surface area contributed by atoms with Gasteiger partial charge in [0.2, 0.25) is 5.91 Å². The highest BCUT2D eigenvalue weighted by atomic mass is 32.2. The van der Waals surface area contributed by atoms with E-state index in [1.165, 1.54) is 32.2 Å². The third kappa shape index (κ3) is 3.56. The number of carbonyl (C=O) groups is 1. The Morgan fingerprint density at radius 2 is 2.19 bits per heavy atom. The minimum absolute atomic E-state index is 0.0241. The van der Waals surface area contributed by atoms with Crippen LogP contribution in [0.3, 0.4) is 0 Å². The molecule has 4 nitrogen and oxygen atoms in total. The van der Waals surface area contributed by atoms with Gasteiger partial charge in [-0.3, -0.25) is 4.79 Å². The van der Waals surface area contributed by atoms with Crippen molar-refractivity contribution in [3.63, 3.8) is 0 Å². The van der Waals surface area contributed by atoms with Crippen LogP contribution in [0, 0.1) is 5.82 Å². The molecule has 2 fully saturated rings. The van der Waals surface area contributed by atoms with Gasteiger partial charge < -0.3 is 15.1 Å². The number of nitrogens with two attached hydrogens (primary N) is 1. The van der Waals surface area contributed by atoms with E-state index in [9.17, 15) is 9.18 Å². The lowest BCUT2D eigenvalue weighted by molar-refractivity contribution is -0.946. The lowest BCUT2D eigenvalue weighted by Crippen LogP contribution is -3.20. The summed E-state index contributed by atoms with van der Waals surface area (Å²) in [6.07, 6.45) is 0. The van der Waals surface area contributed by atoms with E-state index in [0.717, 1.165) is 18.7 Å². The van der Waals surface area contributed by atoms with E-state index in [1.54, 1.807) is 28.8 Å². The topological polar surface area (TPSA) is 41.4 Å². The summed E-state index contributed by atoms with van der Waals surface area (Å²) in [6.45, 7) is 6.44. The monoisotopic (exact) mass is 311 g/mol. The molecule has 0 spiro atoms. The number of nitrogens with one attached hydrogen (secondary N) is 1. The molecule has 2 aliphatic rings. The molecule has 3 N–H and O–H groups in total. The Morgan fingerprint density at radius 1 is 1.38 bits per heavy atom. The van der Waals surface area contributed by atoms with Gasteiger partial charge in [-0.25, -0.2) is 4.39 Å². The molecule has 0 aromatic heterocycles. The molecule has 114 valence electrons. The summed E-state index contributed by atoms with van der Waals surface area (Å²) in [7, 11) is 0. The molecule has 2 aliphatic heterocycles. The van der Waals surface area contributed by atoms with Crippen LogP contribution >= 0.6 is 11.8 Å². The number of nitrogens with zero attached hydrogens (tertiary/aromatic N) is 1. The fourth-order valence-corrected chi connectivity index (χ4v) is 4.25. The first-order valence-corrected chi connectivity index (χ1v) is 8.61. The minimum Gasteiger partial charge on any atom is -0.337 e. The molecular weight excluding hydrogens is 289 g/mol. The number of amides is 1. The number of quaternary nitrogens is 2. The molecule has 0 radical (unpaired) electrons. The Kier molecular flexibility index (Phi) is 4.77. The summed E-state index contributed by atoms with van der Waals surface area (Å²) in [5, 5.41) is 2.32. The number of thioether (sulfide) groups is 1. The fourth-order valence-electron chi connectivity index (χ4n) is 3.04. The zero-order valence-corrected chi connectivity index (χ0v) is 12.9. The first-order chi connectivity index (χ1) is 10.2. The maximum Gasteiger partial charge on any atom is 0.234 e. The predicted molar refractivity (Wildman–Crippen MR) is 80.5 cm³/mol. The largest absolute Gasteiger partial charge is 0.337 e. The number of carbonyl (C=O) groups excluding carboxylic acids is 1. The summed E-state index contributed by atoms with van der Waals surface area (Å²) in [5.41, 5.74) is 0.896. The molecule has 1 aromatic rings. The van der Waals surface area contributed by atoms with Crippen molar-refractivity contribution in [2.75, 3.05) is 45.0 Å². The van der Waals surface area contributed by atoms with Crippen LogP contribution in [-0.4, -0.2) is 55.8 Å². The Hall–Kier alpha value is -1.11. The standard InChI is InChI=1S/C15H20FN3OS/c16-13-3-1-2-12(10-13)15-19(14(20)11-21-15)9-8-18-6-4-17-5-7-18/h1-3,10,15,17H,4-9,11H2/p+2/t15-/m0/s1. The number of halogens is 1. The molecule has 1 amide bonds. The van der Waals surface area contributed by atoms with Crippen LogP contribution < -0.4 is 10.2 Å². The molecule has 0 unspecified atom stereocenters. The second kappa shape index (κ2) is 6.77. The van der Waals surface area contributed by atoms with Gasteiger partial charge in [0.1, 0.15) is 37.4 Å². The Morgan fingerprint density at radius 3 is 2.95 bits per heavy atom. The van der Waals surface area contributed by atoms with Crippen LogP contribution in [0.4, 0.5) is 4.39 Å². The predicted octanol–water partition coefficient (Wildman–Crippen LogP) is -1.14. The smallest absolute Gasteiger partial charge is 0.234 e. The molecule has 2 heterocycles. The van der Waals surface area contributed by atoms with Gasteiger partial charge in [0.25, 0.3) is 0 Å².